The van der Waals surface area contributed by atoms with Gasteiger partial charge in [0.1, 0.15) is 46.5 Å². The van der Waals surface area contributed by atoms with E-state index in [-0.39, 0.29) is 36.1 Å². The Morgan fingerprint density at radius 1 is 0.470 bits per heavy atom. The van der Waals surface area contributed by atoms with E-state index in [0.29, 0.717) is 43.7 Å². The van der Waals surface area contributed by atoms with Crippen LogP contribution in [0.3, 0.4) is 0 Å². The van der Waals surface area contributed by atoms with Gasteiger partial charge in [0, 0.05) is 131 Å². The standard InChI is InChI=1S/C18H21BrN6O.2C18H23BrN6.C16H19BrN6O/c19-15-12-22-25-16(21-11-13-3-1-6-20-10-13)9-17(23-18(15)25)24-7-2-4-14(24)5-8-26;2*1-12(18(2,3)4)23-15-8-16(21-10-13-6-5-7-20-9-13)25-17(24-15)14(19)11-22-25;1-16(2,10-24)22-13-6-14(19-8-11-4-3-5-18-7-11)23-15(21-13)12(17)9-20-23/h1,3,6,9-10,12,14,21,26H,2,4-5,7-8,11H2;2*5-9,11-12,21H,10H2,1-4H3,(H,23,24);3-7,9,19,24H,8,10H2,1-2H3,(H,21,22)/t14-;2*12-;/m010./s1. The Kier molecular flexibility index (Phi) is 24.9. The van der Waals surface area contributed by atoms with Crippen LogP contribution in [0.15, 0.2) is 165 Å². The first-order valence-corrected chi connectivity index (χ1v) is 36.1. The van der Waals surface area contributed by atoms with E-state index < -0.39 is 5.54 Å². The third-order valence-corrected chi connectivity index (χ3v) is 19.0. The molecule has 9 N–H and O–H groups in total. The quantitative estimate of drug-likeness (QED) is 0.0305. The van der Waals surface area contributed by atoms with Crippen molar-refractivity contribution in [3.63, 3.8) is 0 Å². The number of aromatic nitrogens is 16. The van der Waals surface area contributed by atoms with Crippen LogP contribution in [-0.4, -0.2) is 132 Å². The minimum absolute atomic E-state index is 0.00125. The molecule has 0 aromatic carbocycles. The minimum atomic E-state index is -0.474. The second-order valence-corrected chi connectivity index (χ2v) is 30.4. The molecular weight excluding hydrogens is 1530 g/mol. The maximum atomic E-state index is 9.46. The largest absolute Gasteiger partial charge is 0.396 e. The van der Waals surface area contributed by atoms with Gasteiger partial charge < -0.3 is 52.3 Å². The third-order valence-electron chi connectivity index (χ3n) is 16.8. The molecule has 0 radical (unpaired) electrons. The molecule has 12 aromatic rings. The van der Waals surface area contributed by atoms with Crippen LogP contribution in [0.5, 0.6) is 0 Å². The number of nitrogens with zero attached hydrogens (tertiary/aromatic N) is 17. The monoisotopic (exact) mass is 1610 g/mol. The number of anilines is 8. The number of hydrogen-bond donors (Lipinski definition) is 9. The van der Waals surface area contributed by atoms with Gasteiger partial charge in [-0.3, -0.25) is 19.9 Å². The number of aliphatic hydroxyl groups is 2. The van der Waals surface area contributed by atoms with Gasteiger partial charge in [-0.05, 0) is 168 Å². The van der Waals surface area contributed by atoms with E-state index in [2.05, 4.69) is 207 Å². The van der Waals surface area contributed by atoms with Crippen LogP contribution in [0.1, 0.15) is 111 Å². The Hall–Kier alpha value is -8.68. The molecule has 0 bridgehead atoms. The van der Waals surface area contributed by atoms with E-state index in [9.17, 15) is 10.2 Å². The van der Waals surface area contributed by atoms with E-state index in [1.807, 2.05) is 111 Å². The zero-order chi connectivity index (χ0) is 71.1. The molecule has 100 heavy (non-hydrogen) atoms. The Morgan fingerprint density at radius 3 is 1.14 bits per heavy atom. The van der Waals surface area contributed by atoms with Crippen molar-refractivity contribution in [1.82, 2.24) is 78.3 Å². The van der Waals surface area contributed by atoms with Gasteiger partial charge >= 0.3 is 0 Å². The highest BCUT2D eigenvalue weighted by molar-refractivity contribution is 9.11. The topological polar surface area (TPSA) is 300 Å². The van der Waals surface area contributed by atoms with Gasteiger partial charge in [-0.15, -0.1) is 0 Å². The number of halogens is 4. The van der Waals surface area contributed by atoms with Crippen LogP contribution >= 0.6 is 63.7 Å². The zero-order valence-electron chi connectivity index (χ0n) is 57.7. The molecule has 1 aliphatic heterocycles. The predicted molar refractivity (Wildman–Crippen MR) is 411 cm³/mol. The van der Waals surface area contributed by atoms with E-state index >= 15 is 0 Å². The zero-order valence-corrected chi connectivity index (χ0v) is 64.0. The molecule has 0 saturated carbocycles. The smallest absolute Gasteiger partial charge is 0.173 e. The van der Waals surface area contributed by atoms with E-state index in [4.69, 9.17) is 15.0 Å². The Bertz CT molecular complexity index is 4440. The fourth-order valence-corrected chi connectivity index (χ4v) is 11.6. The number of rotatable bonds is 22. The summed E-state index contributed by atoms with van der Waals surface area (Å²) in [6, 6.07) is 24.6. The van der Waals surface area contributed by atoms with Crippen molar-refractivity contribution in [2.24, 2.45) is 10.8 Å². The summed E-state index contributed by atoms with van der Waals surface area (Å²) in [4.78, 5) is 37.6. The molecule has 1 saturated heterocycles. The first kappa shape index (κ1) is 74.0. The van der Waals surface area contributed by atoms with Crippen molar-refractivity contribution >= 4 is 133 Å². The summed E-state index contributed by atoms with van der Waals surface area (Å²) >= 11 is 14.1. The minimum Gasteiger partial charge on any atom is -0.396 e. The highest BCUT2D eigenvalue weighted by Crippen LogP contribution is 2.33. The van der Waals surface area contributed by atoms with Gasteiger partial charge in [0.05, 0.1) is 54.8 Å². The molecule has 1 aliphatic rings. The predicted octanol–water partition coefficient (Wildman–Crippen LogP) is 14.2. The van der Waals surface area contributed by atoms with Crippen LogP contribution < -0.4 is 42.1 Å². The summed E-state index contributed by atoms with van der Waals surface area (Å²) in [6.07, 6.45) is 24.4. The van der Waals surface area contributed by atoms with Gasteiger partial charge in [-0.2, -0.15) is 38.5 Å². The van der Waals surface area contributed by atoms with Crippen LogP contribution in [0, 0.1) is 10.8 Å². The number of hydrogen-bond acceptors (Lipinski definition) is 22. The lowest BCUT2D eigenvalue weighted by Gasteiger charge is -2.28. The van der Waals surface area contributed by atoms with Gasteiger partial charge in [0.25, 0.3) is 0 Å². The first-order valence-electron chi connectivity index (χ1n) is 32.9. The summed E-state index contributed by atoms with van der Waals surface area (Å²) in [5.74, 6) is 6.67. The average molecular weight is 1620 g/mol. The van der Waals surface area contributed by atoms with Crippen molar-refractivity contribution in [3.05, 3.63) is 187 Å². The summed E-state index contributed by atoms with van der Waals surface area (Å²) in [5.41, 5.74) is 7.21. The normalized spacial score (nSPS) is 13.8. The number of aliphatic hydroxyl groups excluding tert-OH is 2. The first-order chi connectivity index (χ1) is 47.9. The van der Waals surface area contributed by atoms with Gasteiger partial charge in [-0.1, -0.05) is 65.8 Å². The van der Waals surface area contributed by atoms with Crippen molar-refractivity contribution in [3.8, 4) is 0 Å². The summed E-state index contributed by atoms with van der Waals surface area (Å²) in [5, 5.41) is 60.3. The highest BCUT2D eigenvalue weighted by Gasteiger charge is 2.28. The van der Waals surface area contributed by atoms with Crippen molar-refractivity contribution < 1.29 is 10.2 Å². The molecule has 13 rings (SSSR count). The lowest BCUT2D eigenvalue weighted by atomic mass is 9.88. The average Bonchev–Trinajstić information content (AvgIpc) is 1.58. The molecule has 26 nitrogen and oxygen atoms in total. The van der Waals surface area contributed by atoms with Gasteiger partial charge in [-0.25, -0.2) is 19.9 Å². The van der Waals surface area contributed by atoms with E-state index in [1.165, 1.54) is 0 Å². The van der Waals surface area contributed by atoms with Gasteiger partial charge in [0.2, 0.25) is 0 Å². The van der Waals surface area contributed by atoms with Crippen LogP contribution in [0.2, 0.25) is 0 Å². The molecule has 0 amide bonds. The summed E-state index contributed by atoms with van der Waals surface area (Å²) < 4.78 is 10.5. The second kappa shape index (κ2) is 33.7. The van der Waals surface area contributed by atoms with Crippen molar-refractivity contribution in [1.29, 1.82) is 0 Å². The van der Waals surface area contributed by atoms with Crippen LogP contribution in [0.4, 0.5) is 46.5 Å². The Balaban J connectivity index is 0.000000144. The maximum absolute atomic E-state index is 9.46. The van der Waals surface area contributed by atoms with Gasteiger partial charge in [0.15, 0.2) is 22.6 Å². The fourth-order valence-electron chi connectivity index (χ4n) is 10.2. The molecule has 3 atom stereocenters. The Labute approximate surface area is 615 Å². The molecule has 526 valence electrons. The molecule has 1 fully saturated rings. The molecule has 0 unspecified atom stereocenters. The second-order valence-electron chi connectivity index (χ2n) is 27.0. The van der Waals surface area contributed by atoms with E-state index in [0.717, 1.165) is 124 Å². The molecular formula is C70H86Br4N24O2. The SMILES string of the molecule is CC(C)(CO)Nc1cc(NCc2cccnc2)n2ncc(Br)c2n1.C[C@@H](Nc1cc(NCc2cccnc2)n2ncc(Br)c2n1)C(C)(C)C.C[C@H](Nc1cc(NCc2cccnc2)n2ncc(Br)c2n1)C(C)(C)C.OCC[C@@H]1CCCN1c1cc(NCc2cccnc2)n2ncc(Br)c2n1. The number of nitrogens with one attached hydrogen (secondary N) is 7. The van der Waals surface area contributed by atoms with E-state index in [1.54, 1.807) is 67.6 Å². The molecule has 0 aliphatic carbocycles. The highest BCUT2D eigenvalue weighted by atomic mass is 79.9. The molecule has 30 heteroatoms. The van der Waals surface area contributed by atoms with Crippen molar-refractivity contribution in [2.75, 3.05) is 61.9 Å². The lowest BCUT2D eigenvalue weighted by Crippen LogP contribution is -2.35. The summed E-state index contributed by atoms with van der Waals surface area (Å²) in [7, 11) is 0. The molecule has 0 spiro atoms. The van der Waals surface area contributed by atoms with Crippen LogP contribution in [0.25, 0.3) is 22.6 Å². The third kappa shape index (κ3) is 19.6. The fraction of sp³-hybridized carbons (Fsp3) is 0.371. The van der Waals surface area contributed by atoms with Crippen molar-refractivity contribution in [2.45, 2.75) is 138 Å². The van der Waals surface area contributed by atoms with Crippen LogP contribution in [-0.2, 0) is 26.2 Å². The number of fused-ring (bicyclic) bond motifs is 4. The lowest BCUT2D eigenvalue weighted by molar-refractivity contribution is 0.234. The number of pyridine rings is 4. The summed E-state index contributed by atoms with van der Waals surface area (Å²) in [6.45, 7) is 25.2. The maximum Gasteiger partial charge on any atom is 0.173 e. The Morgan fingerprint density at radius 2 is 0.810 bits per heavy atom. The molecule has 13 heterocycles. The molecule has 12 aromatic heterocycles.